The fraction of sp³-hybridized carbons (Fsp3) is 0.480. The molecule has 30 heavy (non-hydrogen) atoms. The SMILES string of the molecule is CCCc1ccc(C2CCC(CC(=O)c3ccc(OCC)c(F)c3O)CC2)c(F)c1. The number of halogens is 2. The molecule has 2 aromatic carbocycles. The van der Waals surface area contributed by atoms with E-state index in [2.05, 4.69) is 6.92 Å². The first-order chi connectivity index (χ1) is 14.4. The normalized spacial score (nSPS) is 18.9. The van der Waals surface area contributed by atoms with Gasteiger partial charge in [-0.1, -0.05) is 25.5 Å². The second-order valence-electron chi connectivity index (χ2n) is 8.16. The summed E-state index contributed by atoms with van der Waals surface area (Å²) in [5, 5.41) is 10.1. The standard InChI is InChI=1S/C25H30F2O3/c1-3-5-16-8-11-19(21(26)14-16)18-9-6-17(7-10-18)15-22(28)20-12-13-23(30-4-2)24(27)25(20)29/h8,11-14,17-18,29H,3-7,9-10,15H2,1-2H3. The second kappa shape index (κ2) is 10.1. The Labute approximate surface area is 177 Å². The minimum Gasteiger partial charge on any atom is -0.504 e. The van der Waals surface area contributed by atoms with Gasteiger partial charge < -0.3 is 9.84 Å². The van der Waals surface area contributed by atoms with Gasteiger partial charge in [0, 0.05) is 6.42 Å². The summed E-state index contributed by atoms with van der Waals surface area (Å²) in [5.74, 6) is -1.67. The van der Waals surface area contributed by atoms with Crippen LogP contribution in [0.25, 0.3) is 0 Å². The van der Waals surface area contributed by atoms with Gasteiger partial charge in [-0.25, -0.2) is 4.39 Å². The average molecular weight is 417 g/mol. The highest BCUT2D eigenvalue weighted by molar-refractivity contribution is 5.99. The summed E-state index contributed by atoms with van der Waals surface area (Å²) in [6.45, 7) is 4.07. The van der Waals surface area contributed by atoms with Crippen LogP contribution in [0, 0.1) is 17.6 Å². The van der Waals surface area contributed by atoms with Crippen molar-refractivity contribution >= 4 is 5.78 Å². The number of rotatable bonds is 8. The molecule has 0 spiro atoms. The van der Waals surface area contributed by atoms with E-state index in [1.165, 1.54) is 12.1 Å². The van der Waals surface area contributed by atoms with Gasteiger partial charge in [0.05, 0.1) is 12.2 Å². The van der Waals surface area contributed by atoms with Crippen LogP contribution < -0.4 is 4.74 Å². The number of carbonyl (C=O) groups excluding carboxylic acids is 1. The Balaban J connectivity index is 1.60. The van der Waals surface area contributed by atoms with Gasteiger partial charge in [0.25, 0.3) is 0 Å². The molecule has 0 saturated heterocycles. The molecule has 0 heterocycles. The fourth-order valence-electron chi connectivity index (χ4n) is 4.43. The zero-order valence-electron chi connectivity index (χ0n) is 17.7. The van der Waals surface area contributed by atoms with Gasteiger partial charge in [0.2, 0.25) is 5.82 Å². The molecule has 1 aliphatic carbocycles. The van der Waals surface area contributed by atoms with Gasteiger partial charge in [0.1, 0.15) is 5.82 Å². The van der Waals surface area contributed by atoms with Gasteiger partial charge >= 0.3 is 0 Å². The lowest BCUT2D eigenvalue weighted by Crippen LogP contribution is -2.17. The number of hydrogen-bond donors (Lipinski definition) is 1. The number of phenolic OH excluding ortho intramolecular Hbond substituents is 1. The number of carbonyl (C=O) groups is 1. The third-order valence-corrected chi connectivity index (χ3v) is 6.05. The molecule has 3 rings (SSSR count). The maximum absolute atomic E-state index is 14.5. The van der Waals surface area contributed by atoms with Gasteiger partial charge in [-0.05, 0) is 80.2 Å². The molecule has 1 fully saturated rings. The van der Waals surface area contributed by atoms with Crippen molar-refractivity contribution in [3.8, 4) is 11.5 Å². The molecule has 0 atom stereocenters. The summed E-state index contributed by atoms with van der Waals surface area (Å²) < 4.78 is 33.8. The first-order valence-electron chi connectivity index (χ1n) is 10.9. The Bertz CT molecular complexity index is 886. The van der Waals surface area contributed by atoms with Crippen molar-refractivity contribution in [2.24, 2.45) is 5.92 Å². The molecular formula is C25H30F2O3. The highest BCUT2D eigenvalue weighted by Gasteiger charge is 2.27. The lowest BCUT2D eigenvalue weighted by Gasteiger charge is -2.29. The zero-order valence-corrected chi connectivity index (χ0v) is 17.7. The molecule has 0 radical (unpaired) electrons. The fourth-order valence-corrected chi connectivity index (χ4v) is 4.43. The smallest absolute Gasteiger partial charge is 0.207 e. The summed E-state index contributed by atoms with van der Waals surface area (Å²) >= 11 is 0. The van der Waals surface area contributed by atoms with Gasteiger partial charge in [-0.3, -0.25) is 4.79 Å². The molecular weight excluding hydrogens is 386 g/mol. The number of ether oxygens (including phenoxy) is 1. The van der Waals surface area contributed by atoms with E-state index in [4.69, 9.17) is 4.74 Å². The van der Waals surface area contributed by atoms with Crippen LogP contribution in [-0.4, -0.2) is 17.5 Å². The van der Waals surface area contributed by atoms with Gasteiger partial charge in [0.15, 0.2) is 17.3 Å². The Hall–Kier alpha value is -2.43. The lowest BCUT2D eigenvalue weighted by molar-refractivity contribution is 0.0944. The van der Waals surface area contributed by atoms with E-state index in [1.54, 1.807) is 13.0 Å². The van der Waals surface area contributed by atoms with Crippen LogP contribution in [-0.2, 0) is 6.42 Å². The summed E-state index contributed by atoms with van der Waals surface area (Å²) in [4.78, 5) is 12.6. The number of aromatic hydroxyl groups is 1. The molecule has 162 valence electrons. The molecule has 3 nitrogen and oxygen atoms in total. The molecule has 0 aromatic heterocycles. The van der Waals surface area contributed by atoms with E-state index in [0.29, 0.717) is 0 Å². The number of ketones is 1. The van der Waals surface area contributed by atoms with Crippen LogP contribution in [0.15, 0.2) is 30.3 Å². The van der Waals surface area contributed by atoms with Crippen molar-refractivity contribution < 1.29 is 23.4 Å². The van der Waals surface area contributed by atoms with E-state index in [0.717, 1.165) is 49.7 Å². The van der Waals surface area contributed by atoms with Crippen molar-refractivity contribution in [1.29, 1.82) is 0 Å². The van der Waals surface area contributed by atoms with Crippen LogP contribution in [0.5, 0.6) is 11.5 Å². The van der Waals surface area contributed by atoms with E-state index < -0.39 is 11.6 Å². The Morgan fingerprint density at radius 3 is 2.47 bits per heavy atom. The van der Waals surface area contributed by atoms with E-state index in [1.807, 2.05) is 12.1 Å². The third kappa shape index (κ3) is 5.00. The van der Waals surface area contributed by atoms with Crippen LogP contribution in [0.4, 0.5) is 8.78 Å². The highest BCUT2D eigenvalue weighted by Crippen LogP contribution is 2.39. The number of benzene rings is 2. The maximum atomic E-state index is 14.5. The van der Waals surface area contributed by atoms with Crippen molar-refractivity contribution in [2.75, 3.05) is 6.61 Å². The molecule has 0 aliphatic heterocycles. The zero-order chi connectivity index (χ0) is 21.7. The van der Waals surface area contributed by atoms with E-state index >= 15 is 0 Å². The predicted molar refractivity (Wildman–Crippen MR) is 113 cm³/mol. The molecule has 5 heteroatoms. The third-order valence-electron chi connectivity index (χ3n) is 6.05. The van der Waals surface area contributed by atoms with Crippen LogP contribution >= 0.6 is 0 Å². The molecule has 1 saturated carbocycles. The minimum absolute atomic E-state index is 0.00404. The molecule has 1 N–H and O–H groups in total. The minimum atomic E-state index is -0.895. The number of phenols is 1. The van der Waals surface area contributed by atoms with E-state index in [9.17, 15) is 18.7 Å². The molecule has 0 amide bonds. The molecule has 2 aromatic rings. The Kier molecular flexibility index (Phi) is 7.46. The molecule has 1 aliphatic rings. The van der Waals surface area contributed by atoms with Crippen molar-refractivity contribution in [1.82, 2.24) is 0 Å². The van der Waals surface area contributed by atoms with Gasteiger partial charge in [-0.2, -0.15) is 4.39 Å². The van der Waals surface area contributed by atoms with Crippen LogP contribution in [0.2, 0.25) is 0 Å². The average Bonchev–Trinajstić information content (AvgIpc) is 2.73. The number of aryl methyl sites for hydroxylation is 1. The number of hydrogen-bond acceptors (Lipinski definition) is 3. The topological polar surface area (TPSA) is 46.5 Å². The Morgan fingerprint density at radius 1 is 1.10 bits per heavy atom. The van der Waals surface area contributed by atoms with E-state index in [-0.39, 0.29) is 47.8 Å². The largest absolute Gasteiger partial charge is 0.504 e. The molecule has 0 unspecified atom stereocenters. The summed E-state index contributed by atoms with van der Waals surface area (Å²) in [6.07, 6.45) is 5.40. The monoisotopic (exact) mass is 416 g/mol. The lowest BCUT2D eigenvalue weighted by atomic mass is 9.76. The molecule has 0 bridgehead atoms. The Morgan fingerprint density at radius 2 is 1.83 bits per heavy atom. The van der Waals surface area contributed by atoms with Crippen molar-refractivity contribution in [3.63, 3.8) is 0 Å². The number of Topliss-reactive ketones (excluding diaryl/α,β-unsaturated/α-hetero) is 1. The summed E-state index contributed by atoms with van der Waals surface area (Å²) in [5.41, 5.74) is 1.79. The van der Waals surface area contributed by atoms with Crippen LogP contribution in [0.1, 0.15) is 79.8 Å². The first kappa shape index (κ1) is 22.3. The summed E-state index contributed by atoms with van der Waals surface area (Å²) in [7, 11) is 0. The second-order valence-corrected chi connectivity index (χ2v) is 8.16. The van der Waals surface area contributed by atoms with Crippen LogP contribution in [0.3, 0.4) is 0 Å². The van der Waals surface area contributed by atoms with Crippen molar-refractivity contribution in [3.05, 3.63) is 58.7 Å². The highest BCUT2D eigenvalue weighted by atomic mass is 19.1. The maximum Gasteiger partial charge on any atom is 0.207 e. The summed E-state index contributed by atoms with van der Waals surface area (Å²) in [6, 6.07) is 8.38. The quantitative estimate of drug-likeness (QED) is 0.495. The first-order valence-corrected chi connectivity index (χ1v) is 10.9. The van der Waals surface area contributed by atoms with Crippen molar-refractivity contribution in [2.45, 2.75) is 64.7 Å². The van der Waals surface area contributed by atoms with Gasteiger partial charge in [-0.15, -0.1) is 0 Å². The predicted octanol–water partition coefficient (Wildman–Crippen LogP) is 6.57.